The van der Waals surface area contributed by atoms with E-state index in [4.69, 9.17) is 0 Å². The summed E-state index contributed by atoms with van der Waals surface area (Å²) in [5.74, 6) is 1.01. The minimum Gasteiger partial charge on any atom is -0.307 e. The molecular weight excluding hydrogens is 386 g/mol. The topological polar surface area (TPSA) is 53.7 Å². The van der Waals surface area contributed by atoms with Gasteiger partial charge >= 0.3 is 0 Å². The molecule has 1 fully saturated rings. The molecule has 31 heavy (non-hydrogen) atoms. The lowest BCUT2D eigenvalue weighted by molar-refractivity contribution is -0.120. The number of amides is 1. The van der Waals surface area contributed by atoms with Gasteiger partial charge in [0.2, 0.25) is 5.91 Å². The second-order valence-electron chi connectivity index (χ2n) is 7.92. The number of carbonyl (C=O) groups is 1. The molecule has 0 radical (unpaired) electrons. The fourth-order valence-electron chi connectivity index (χ4n) is 4.35. The van der Waals surface area contributed by atoms with Crippen molar-refractivity contribution in [3.05, 3.63) is 96.4 Å². The van der Waals surface area contributed by atoms with Crippen molar-refractivity contribution in [3.63, 3.8) is 0 Å². The summed E-state index contributed by atoms with van der Waals surface area (Å²) < 4.78 is 2.03. The third-order valence-corrected chi connectivity index (χ3v) is 5.89. The summed E-state index contributed by atoms with van der Waals surface area (Å²) in [6, 6.07) is 26.0. The lowest BCUT2D eigenvalue weighted by Gasteiger charge is -2.28. The van der Waals surface area contributed by atoms with E-state index in [1.54, 1.807) is 0 Å². The number of aromatic nitrogens is 3. The minimum absolute atomic E-state index is 0.0932. The normalized spacial score (nSPS) is 16.6. The Morgan fingerprint density at radius 2 is 1.68 bits per heavy atom. The van der Waals surface area contributed by atoms with Gasteiger partial charge in [-0.05, 0) is 49.2 Å². The van der Waals surface area contributed by atoms with Crippen molar-refractivity contribution in [2.24, 2.45) is 0 Å². The largest absolute Gasteiger partial charge is 0.307 e. The molecule has 1 unspecified atom stereocenters. The molecule has 1 amide bonds. The van der Waals surface area contributed by atoms with Crippen molar-refractivity contribution in [2.45, 2.75) is 25.4 Å². The summed E-state index contributed by atoms with van der Waals surface area (Å²) in [6.07, 6.45) is 4.02. The summed E-state index contributed by atoms with van der Waals surface area (Å²) >= 11 is 0. The van der Waals surface area contributed by atoms with E-state index in [1.165, 1.54) is 0 Å². The molecular formula is C25H25N5O. The number of nitrogens with zero attached hydrogens (tertiary/aromatic N) is 5. The third-order valence-electron chi connectivity index (χ3n) is 5.89. The van der Waals surface area contributed by atoms with Crippen LogP contribution in [0.3, 0.4) is 0 Å². The maximum Gasteiger partial charge on any atom is 0.241 e. The van der Waals surface area contributed by atoms with Gasteiger partial charge in [0, 0.05) is 11.9 Å². The molecule has 6 heteroatoms. The van der Waals surface area contributed by atoms with Crippen LogP contribution in [0.1, 0.15) is 30.3 Å². The predicted molar refractivity (Wildman–Crippen MR) is 121 cm³/mol. The molecule has 4 aromatic rings. The average Bonchev–Trinajstić information content (AvgIpc) is 3.45. The van der Waals surface area contributed by atoms with Gasteiger partial charge in [-0.3, -0.25) is 14.1 Å². The Bertz CT molecular complexity index is 1160. The summed E-state index contributed by atoms with van der Waals surface area (Å²) in [4.78, 5) is 17.6. The van der Waals surface area contributed by atoms with Crippen LogP contribution in [-0.2, 0) is 11.3 Å². The Labute approximate surface area is 181 Å². The van der Waals surface area contributed by atoms with Gasteiger partial charge in [-0.15, -0.1) is 10.2 Å². The first kappa shape index (κ1) is 19.5. The van der Waals surface area contributed by atoms with Gasteiger partial charge in [0.25, 0.3) is 0 Å². The minimum atomic E-state index is 0.0932. The molecule has 5 rings (SSSR count). The Kier molecular flexibility index (Phi) is 5.46. The molecule has 0 saturated carbocycles. The summed E-state index contributed by atoms with van der Waals surface area (Å²) in [5, 5.41) is 8.76. The zero-order chi connectivity index (χ0) is 21.0. The number of para-hydroxylation sites is 1. The maximum atomic E-state index is 13.5. The van der Waals surface area contributed by atoms with Crippen LogP contribution in [0.25, 0.3) is 5.65 Å². The van der Waals surface area contributed by atoms with Gasteiger partial charge < -0.3 is 4.90 Å². The van der Waals surface area contributed by atoms with Crippen LogP contribution in [0.2, 0.25) is 0 Å². The Morgan fingerprint density at radius 1 is 0.935 bits per heavy atom. The highest BCUT2D eigenvalue weighted by atomic mass is 16.2. The second-order valence-corrected chi connectivity index (χ2v) is 7.92. The number of rotatable bonds is 6. The third kappa shape index (κ3) is 4.07. The van der Waals surface area contributed by atoms with Gasteiger partial charge in [-0.25, -0.2) is 0 Å². The van der Waals surface area contributed by atoms with Crippen LogP contribution in [0.15, 0.2) is 85.1 Å². The molecule has 1 atom stereocenters. The summed E-state index contributed by atoms with van der Waals surface area (Å²) in [7, 11) is 0. The van der Waals surface area contributed by atoms with Crippen LogP contribution in [0.5, 0.6) is 0 Å². The van der Waals surface area contributed by atoms with E-state index in [9.17, 15) is 4.79 Å². The van der Waals surface area contributed by atoms with Crippen LogP contribution >= 0.6 is 0 Å². The van der Waals surface area contributed by atoms with E-state index in [0.29, 0.717) is 13.1 Å². The number of likely N-dealkylation sites (tertiary alicyclic amines) is 1. The highest BCUT2D eigenvalue weighted by Gasteiger charge is 2.32. The first-order valence-corrected chi connectivity index (χ1v) is 10.7. The zero-order valence-corrected chi connectivity index (χ0v) is 17.3. The molecule has 0 bridgehead atoms. The molecule has 1 saturated heterocycles. The highest BCUT2D eigenvalue weighted by Crippen LogP contribution is 2.31. The highest BCUT2D eigenvalue weighted by molar-refractivity contribution is 5.94. The molecule has 0 aliphatic carbocycles. The Morgan fingerprint density at radius 3 is 2.48 bits per heavy atom. The van der Waals surface area contributed by atoms with Crippen LogP contribution in [0, 0.1) is 0 Å². The number of anilines is 1. The van der Waals surface area contributed by atoms with Crippen molar-refractivity contribution >= 4 is 17.2 Å². The monoisotopic (exact) mass is 411 g/mol. The number of fused-ring (bicyclic) bond motifs is 1. The number of hydrogen-bond donors (Lipinski definition) is 0. The van der Waals surface area contributed by atoms with Crippen molar-refractivity contribution < 1.29 is 4.79 Å². The zero-order valence-electron chi connectivity index (χ0n) is 17.3. The quantitative estimate of drug-likeness (QED) is 0.479. The van der Waals surface area contributed by atoms with Gasteiger partial charge in [0.1, 0.15) is 0 Å². The number of hydrogen-bond acceptors (Lipinski definition) is 4. The molecule has 2 aromatic carbocycles. The fourth-order valence-corrected chi connectivity index (χ4v) is 4.35. The van der Waals surface area contributed by atoms with Crippen molar-refractivity contribution in [1.82, 2.24) is 19.5 Å². The van der Waals surface area contributed by atoms with E-state index in [-0.39, 0.29) is 11.9 Å². The molecule has 2 aromatic heterocycles. The molecule has 3 heterocycles. The van der Waals surface area contributed by atoms with Crippen LogP contribution in [-0.4, -0.2) is 38.5 Å². The summed E-state index contributed by atoms with van der Waals surface area (Å²) in [6.45, 7) is 1.79. The van der Waals surface area contributed by atoms with Crippen molar-refractivity contribution in [2.75, 3.05) is 18.0 Å². The van der Waals surface area contributed by atoms with Gasteiger partial charge in [0.15, 0.2) is 11.5 Å². The first-order valence-electron chi connectivity index (χ1n) is 10.7. The molecule has 1 aliphatic heterocycles. The second kappa shape index (κ2) is 8.70. The molecule has 0 N–H and O–H groups in total. The van der Waals surface area contributed by atoms with E-state index in [0.717, 1.165) is 42.1 Å². The fraction of sp³-hybridized carbons (Fsp3) is 0.240. The van der Waals surface area contributed by atoms with Crippen LogP contribution in [0.4, 0.5) is 5.69 Å². The maximum absolute atomic E-state index is 13.5. The predicted octanol–water partition coefficient (Wildman–Crippen LogP) is 4.10. The Balaban J connectivity index is 1.39. The molecule has 156 valence electrons. The molecule has 6 nitrogen and oxygen atoms in total. The van der Waals surface area contributed by atoms with E-state index >= 15 is 0 Å². The molecule has 1 aliphatic rings. The van der Waals surface area contributed by atoms with Crippen molar-refractivity contribution in [1.29, 1.82) is 0 Å². The first-order chi connectivity index (χ1) is 15.3. The van der Waals surface area contributed by atoms with Gasteiger partial charge in [0.05, 0.1) is 19.1 Å². The number of carbonyl (C=O) groups excluding carboxylic acids is 1. The van der Waals surface area contributed by atoms with E-state index in [2.05, 4.69) is 27.2 Å². The number of pyridine rings is 1. The lowest BCUT2D eigenvalue weighted by Crippen LogP contribution is -2.40. The smallest absolute Gasteiger partial charge is 0.241 e. The van der Waals surface area contributed by atoms with Gasteiger partial charge in [-0.1, -0.05) is 54.6 Å². The lowest BCUT2D eigenvalue weighted by atomic mass is 10.2. The van der Waals surface area contributed by atoms with E-state index < -0.39 is 0 Å². The Hall–Kier alpha value is -3.51. The summed E-state index contributed by atoms with van der Waals surface area (Å²) in [5.41, 5.74) is 2.87. The van der Waals surface area contributed by atoms with E-state index in [1.807, 2.05) is 82.2 Å². The van der Waals surface area contributed by atoms with Crippen molar-refractivity contribution in [3.8, 4) is 0 Å². The van der Waals surface area contributed by atoms with Crippen LogP contribution < -0.4 is 4.90 Å². The SMILES string of the molecule is O=C(CN1CCCC1c1nnc2ccccn12)N(Cc1ccccc1)c1ccccc1. The van der Waals surface area contributed by atoms with Gasteiger partial charge in [-0.2, -0.15) is 0 Å². The average molecular weight is 412 g/mol. The number of benzene rings is 2. The molecule has 0 spiro atoms. The standard InChI is InChI=1S/C25H25N5O/c31-24(30(21-12-5-2-6-13-21)18-20-10-3-1-4-11-20)19-28-16-9-14-22(28)25-27-26-23-15-7-8-17-29(23)25/h1-8,10-13,15,17,22H,9,14,16,18-19H2.